The van der Waals surface area contributed by atoms with Crippen molar-refractivity contribution in [3.8, 4) is 0 Å². The zero-order valence-electron chi connectivity index (χ0n) is 15.5. The fourth-order valence-corrected chi connectivity index (χ4v) is 2.92. The first kappa shape index (κ1) is 21.3. The first-order valence-corrected chi connectivity index (χ1v) is 9.72. The van der Waals surface area contributed by atoms with Gasteiger partial charge in [-0.2, -0.15) is 0 Å². The predicted octanol–water partition coefficient (Wildman–Crippen LogP) is 4.83. The number of hydrogen-bond donors (Lipinski definition) is 1. The maximum atomic E-state index is 12.6. The molecule has 2 aromatic rings. The van der Waals surface area contributed by atoms with Gasteiger partial charge < -0.3 is 10.2 Å². The maximum Gasteiger partial charge on any atom is 0.242 e. The second-order valence-corrected chi connectivity index (χ2v) is 7.29. The minimum absolute atomic E-state index is 0.0402. The highest BCUT2D eigenvalue weighted by Gasteiger charge is 2.25. The fraction of sp³-hybridized carbons (Fsp3) is 0.333. The molecule has 0 spiro atoms. The number of nitrogens with one attached hydrogen (secondary N) is 1. The lowest BCUT2D eigenvalue weighted by atomic mass is 10.1. The Bertz CT molecular complexity index is 761. The van der Waals surface area contributed by atoms with Gasteiger partial charge in [-0.25, -0.2) is 0 Å². The number of hydrogen-bond acceptors (Lipinski definition) is 2. The second-order valence-electron chi connectivity index (χ2n) is 6.42. The van der Waals surface area contributed by atoms with Crippen molar-refractivity contribution >= 4 is 35.0 Å². The Balaban J connectivity index is 2.05. The van der Waals surface area contributed by atoms with Gasteiger partial charge in [-0.05, 0) is 48.7 Å². The number of amides is 2. The van der Waals surface area contributed by atoms with Crippen molar-refractivity contribution in [1.29, 1.82) is 0 Å². The van der Waals surface area contributed by atoms with Crippen LogP contribution in [0.3, 0.4) is 0 Å². The van der Waals surface area contributed by atoms with E-state index in [9.17, 15) is 9.59 Å². The molecular formula is C21H24Cl2N2O2. The van der Waals surface area contributed by atoms with E-state index in [-0.39, 0.29) is 11.8 Å². The van der Waals surface area contributed by atoms with Gasteiger partial charge in [-0.15, -0.1) is 0 Å². The lowest BCUT2D eigenvalue weighted by Crippen LogP contribution is -2.47. The minimum atomic E-state index is -0.577. The molecule has 0 aliphatic heterocycles. The highest BCUT2D eigenvalue weighted by atomic mass is 35.5. The smallest absolute Gasteiger partial charge is 0.242 e. The van der Waals surface area contributed by atoms with E-state index in [4.69, 9.17) is 23.2 Å². The number of benzene rings is 2. The van der Waals surface area contributed by atoms with Crippen LogP contribution in [0.15, 0.2) is 48.5 Å². The highest BCUT2D eigenvalue weighted by molar-refractivity contribution is 6.30. The van der Waals surface area contributed by atoms with Crippen LogP contribution in [0.2, 0.25) is 10.0 Å². The van der Waals surface area contributed by atoms with Gasteiger partial charge in [0.2, 0.25) is 11.8 Å². The van der Waals surface area contributed by atoms with Crippen LogP contribution in [-0.2, 0) is 22.7 Å². The minimum Gasteiger partial charge on any atom is -0.350 e. The molecule has 2 aromatic carbocycles. The monoisotopic (exact) mass is 406 g/mol. The van der Waals surface area contributed by atoms with Crippen molar-refractivity contribution in [2.45, 2.75) is 45.8 Å². The van der Waals surface area contributed by atoms with E-state index in [1.165, 1.54) is 0 Å². The number of halogens is 2. The van der Waals surface area contributed by atoms with Crippen LogP contribution >= 0.6 is 23.2 Å². The van der Waals surface area contributed by atoms with Gasteiger partial charge in [0, 0.05) is 29.6 Å². The van der Waals surface area contributed by atoms with Crippen LogP contribution in [0.4, 0.5) is 0 Å². The average molecular weight is 407 g/mol. The molecular weight excluding hydrogens is 383 g/mol. The molecule has 4 nitrogen and oxygen atoms in total. The zero-order chi connectivity index (χ0) is 19.8. The molecule has 1 atom stereocenters. The van der Waals surface area contributed by atoms with Crippen molar-refractivity contribution in [2.75, 3.05) is 0 Å². The van der Waals surface area contributed by atoms with Gasteiger partial charge in [0.15, 0.2) is 0 Å². The Morgan fingerprint density at radius 2 is 1.48 bits per heavy atom. The first-order valence-electron chi connectivity index (χ1n) is 8.96. The second kappa shape index (κ2) is 10.3. The topological polar surface area (TPSA) is 49.4 Å². The Morgan fingerprint density at radius 3 is 2.00 bits per heavy atom. The third-order valence-corrected chi connectivity index (χ3v) is 4.78. The molecule has 0 heterocycles. The predicted molar refractivity (Wildman–Crippen MR) is 110 cm³/mol. The zero-order valence-corrected chi connectivity index (χ0v) is 17.1. The standard InChI is InChI=1S/C21H24Cl2N2O2/c1-3-4-20(26)25(14-17-7-11-19(23)12-8-17)15(2)21(27)24-13-16-5-9-18(22)10-6-16/h5-12,15H,3-4,13-14H2,1-2H3,(H,24,27). The lowest BCUT2D eigenvalue weighted by molar-refractivity contribution is -0.140. The lowest BCUT2D eigenvalue weighted by Gasteiger charge is -2.29. The van der Waals surface area contributed by atoms with Crippen molar-refractivity contribution in [1.82, 2.24) is 10.2 Å². The Hall–Kier alpha value is -2.04. The summed E-state index contributed by atoms with van der Waals surface area (Å²) in [5.41, 5.74) is 1.88. The molecule has 0 bridgehead atoms. The van der Waals surface area contributed by atoms with E-state index in [2.05, 4.69) is 5.32 Å². The Labute approximate surface area is 170 Å². The van der Waals surface area contributed by atoms with Crippen LogP contribution in [0.5, 0.6) is 0 Å². The summed E-state index contributed by atoms with van der Waals surface area (Å²) in [6, 6.07) is 14.0. The van der Waals surface area contributed by atoms with Gasteiger partial charge in [0.25, 0.3) is 0 Å². The molecule has 0 fully saturated rings. The number of carbonyl (C=O) groups excluding carboxylic acids is 2. The molecule has 6 heteroatoms. The molecule has 0 saturated carbocycles. The largest absolute Gasteiger partial charge is 0.350 e. The van der Waals surface area contributed by atoms with E-state index >= 15 is 0 Å². The van der Waals surface area contributed by atoms with E-state index < -0.39 is 6.04 Å². The van der Waals surface area contributed by atoms with Gasteiger partial charge in [-0.1, -0.05) is 54.4 Å². The number of rotatable bonds is 8. The molecule has 1 unspecified atom stereocenters. The van der Waals surface area contributed by atoms with Gasteiger partial charge >= 0.3 is 0 Å². The van der Waals surface area contributed by atoms with Crippen LogP contribution in [-0.4, -0.2) is 22.8 Å². The molecule has 0 aliphatic rings. The van der Waals surface area contributed by atoms with E-state index in [0.29, 0.717) is 29.6 Å². The summed E-state index contributed by atoms with van der Waals surface area (Å²) in [5, 5.41) is 4.18. The van der Waals surface area contributed by atoms with Crippen LogP contribution < -0.4 is 5.32 Å². The summed E-state index contributed by atoms with van der Waals surface area (Å²) in [6.45, 7) is 4.45. The summed E-state index contributed by atoms with van der Waals surface area (Å²) >= 11 is 11.8. The van der Waals surface area contributed by atoms with Crippen LogP contribution in [0.1, 0.15) is 37.8 Å². The molecule has 27 heavy (non-hydrogen) atoms. The van der Waals surface area contributed by atoms with E-state index in [0.717, 1.165) is 17.5 Å². The van der Waals surface area contributed by atoms with E-state index in [1.54, 1.807) is 36.1 Å². The van der Waals surface area contributed by atoms with Crippen molar-refractivity contribution in [2.24, 2.45) is 0 Å². The molecule has 0 saturated heterocycles. The van der Waals surface area contributed by atoms with Gasteiger partial charge in [0.1, 0.15) is 6.04 Å². The normalized spacial score (nSPS) is 11.7. The Kier molecular flexibility index (Phi) is 8.14. The quantitative estimate of drug-likeness (QED) is 0.682. The summed E-state index contributed by atoms with van der Waals surface area (Å²) in [7, 11) is 0. The number of carbonyl (C=O) groups is 2. The third-order valence-electron chi connectivity index (χ3n) is 4.28. The summed E-state index contributed by atoms with van der Waals surface area (Å²) in [4.78, 5) is 26.8. The molecule has 0 radical (unpaired) electrons. The van der Waals surface area contributed by atoms with Gasteiger partial charge in [-0.3, -0.25) is 9.59 Å². The molecule has 1 N–H and O–H groups in total. The van der Waals surface area contributed by atoms with Crippen molar-refractivity contribution in [3.63, 3.8) is 0 Å². The van der Waals surface area contributed by atoms with Crippen molar-refractivity contribution in [3.05, 3.63) is 69.7 Å². The molecule has 144 valence electrons. The maximum absolute atomic E-state index is 12.6. The molecule has 2 rings (SSSR count). The third kappa shape index (κ3) is 6.56. The van der Waals surface area contributed by atoms with Gasteiger partial charge in [0.05, 0.1) is 0 Å². The van der Waals surface area contributed by atoms with E-state index in [1.807, 2.05) is 31.2 Å². The highest BCUT2D eigenvalue weighted by Crippen LogP contribution is 2.15. The van der Waals surface area contributed by atoms with Crippen LogP contribution in [0, 0.1) is 0 Å². The fourth-order valence-electron chi connectivity index (χ4n) is 2.67. The summed E-state index contributed by atoms with van der Waals surface area (Å²) in [6.07, 6.45) is 1.14. The summed E-state index contributed by atoms with van der Waals surface area (Å²) < 4.78 is 0. The van der Waals surface area contributed by atoms with Crippen LogP contribution in [0.25, 0.3) is 0 Å². The Morgan fingerprint density at radius 1 is 0.963 bits per heavy atom. The first-order chi connectivity index (χ1) is 12.9. The average Bonchev–Trinajstić information content (AvgIpc) is 2.66. The summed E-state index contributed by atoms with van der Waals surface area (Å²) in [5.74, 6) is -0.232. The number of nitrogens with zero attached hydrogens (tertiary/aromatic N) is 1. The SMILES string of the molecule is CCCC(=O)N(Cc1ccc(Cl)cc1)C(C)C(=O)NCc1ccc(Cl)cc1. The van der Waals surface area contributed by atoms with Crippen molar-refractivity contribution < 1.29 is 9.59 Å². The molecule has 0 aromatic heterocycles. The molecule has 0 aliphatic carbocycles. The molecule has 2 amide bonds.